The minimum absolute atomic E-state index is 0. The fourth-order valence-corrected chi connectivity index (χ4v) is 5.06. The molecule has 0 spiro atoms. The third-order valence-electron chi connectivity index (χ3n) is 5.55. The van der Waals surface area contributed by atoms with Crippen LogP contribution in [0.3, 0.4) is 0 Å². The first-order valence-electron chi connectivity index (χ1n) is 9.37. The van der Waals surface area contributed by atoms with Gasteiger partial charge in [0, 0.05) is 34.1 Å². The van der Waals surface area contributed by atoms with Crippen LogP contribution in [0.2, 0.25) is 0 Å². The molecule has 25 heavy (non-hydrogen) atoms. The summed E-state index contributed by atoms with van der Waals surface area (Å²) in [5, 5.41) is 20.7. The molecule has 2 fully saturated rings. The molecule has 3 nitrogen and oxygen atoms in total. The standard InChI is InChI=1S/C20H29NO2S.Cu/c1-2-11-24-15-8-9-18(20(23)12-15)21-13-17-16-6-4-3-5-14(16)7-10-19(17)22;/h8-9,12-14,16-17,19,22-23H,2-7,10-11H2,1H3;. The molecule has 1 aromatic rings. The molecule has 4 unspecified atom stereocenters. The van der Waals surface area contributed by atoms with Crippen LogP contribution in [0, 0.1) is 17.8 Å². The molecule has 1 aromatic carbocycles. The van der Waals surface area contributed by atoms with E-state index in [1.165, 1.54) is 25.7 Å². The van der Waals surface area contributed by atoms with Gasteiger partial charge < -0.3 is 10.2 Å². The summed E-state index contributed by atoms with van der Waals surface area (Å²) in [6.45, 7) is 2.15. The fraction of sp³-hybridized carbons (Fsp3) is 0.650. The molecule has 4 atom stereocenters. The molecule has 0 bridgehead atoms. The third-order valence-corrected chi connectivity index (χ3v) is 6.74. The Morgan fingerprint density at radius 3 is 2.76 bits per heavy atom. The second kappa shape index (κ2) is 10.0. The number of aliphatic imine (C=N–C) groups is 1. The van der Waals surface area contributed by atoms with Gasteiger partial charge in [-0.2, -0.15) is 0 Å². The Morgan fingerprint density at radius 2 is 2.00 bits per heavy atom. The van der Waals surface area contributed by atoms with Gasteiger partial charge in [0.25, 0.3) is 0 Å². The number of phenolic OH excluding ortho intramolecular Hbond substituents is 1. The maximum Gasteiger partial charge on any atom is 0.142 e. The number of hydrogen-bond donors (Lipinski definition) is 2. The Kier molecular flexibility index (Phi) is 8.34. The topological polar surface area (TPSA) is 52.8 Å². The van der Waals surface area contributed by atoms with Gasteiger partial charge in [-0.15, -0.1) is 11.8 Å². The van der Waals surface area contributed by atoms with E-state index < -0.39 is 0 Å². The summed E-state index contributed by atoms with van der Waals surface area (Å²) in [5.74, 6) is 2.74. The molecule has 5 heteroatoms. The number of aliphatic hydroxyl groups excluding tert-OH is 1. The molecule has 143 valence electrons. The average molecular weight is 411 g/mol. The van der Waals surface area contributed by atoms with E-state index in [-0.39, 0.29) is 34.8 Å². The van der Waals surface area contributed by atoms with Crippen LogP contribution in [0.15, 0.2) is 28.1 Å². The van der Waals surface area contributed by atoms with Crippen LogP contribution in [0.1, 0.15) is 51.9 Å². The largest absolute Gasteiger partial charge is 0.506 e. The van der Waals surface area contributed by atoms with Crippen molar-refractivity contribution in [3.8, 4) is 5.75 Å². The van der Waals surface area contributed by atoms with Crippen molar-refractivity contribution in [2.24, 2.45) is 22.7 Å². The van der Waals surface area contributed by atoms with Crippen molar-refractivity contribution in [3.63, 3.8) is 0 Å². The Bertz CT molecular complexity index is 581. The zero-order valence-corrected chi connectivity index (χ0v) is 16.6. The van der Waals surface area contributed by atoms with E-state index in [1.807, 2.05) is 18.3 Å². The van der Waals surface area contributed by atoms with Crippen LogP contribution >= 0.6 is 11.8 Å². The first-order chi connectivity index (χ1) is 11.7. The van der Waals surface area contributed by atoms with Crippen molar-refractivity contribution in [2.45, 2.75) is 62.9 Å². The molecule has 0 aromatic heterocycles. The number of aromatic hydroxyl groups is 1. The molecule has 2 aliphatic carbocycles. The van der Waals surface area contributed by atoms with E-state index in [9.17, 15) is 10.2 Å². The van der Waals surface area contributed by atoms with E-state index in [2.05, 4.69) is 11.9 Å². The maximum absolute atomic E-state index is 10.4. The van der Waals surface area contributed by atoms with E-state index in [0.29, 0.717) is 11.6 Å². The number of rotatable bonds is 5. The molecule has 0 aliphatic heterocycles. The number of nitrogens with zero attached hydrogens (tertiary/aromatic N) is 1. The predicted molar refractivity (Wildman–Crippen MR) is 101 cm³/mol. The minimum Gasteiger partial charge on any atom is -0.506 e. The van der Waals surface area contributed by atoms with E-state index >= 15 is 0 Å². The Morgan fingerprint density at radius 1 is 1.20 bits per heavy atom. The van der Waals surface area contributed by atoms with Crippen molar-refractivity contribution in [1.29, 1.82) is 0 Å². The van der Waals surface area contributed by atoms with Gasteiger partial charge in [0.15, 0.2) is 0 Å². The summed E-state index contributed by atoms with van der Waals surface area (Å²) in [6, 6.07) is 5.71. The van der Waals surface area contributed by atoms with Gasteiger partial charge in [0.05, 0.1) is 6.10 Å². The number of aliphatic hydroxyl groups is 1. The van der Waals surface area contributed by atoms with Crippen molar-refractivity contribution in [3.05, 3.63) is 18.2 Å². The van der Waals surface area contributed by atoms with E-state index in [4.69, 9.17) is 0 Å². The van der Waals surface area contributed by atoms with Gasteiger partial charge in [0.2, 0.25) is 0 Å². The molecular formula is C20H29CuNO2S. The normalized spacial score (nSPS) is 29.2. The van der Waals surface area contributed by atoms with Crippen LogP contribution < -0.4 is 0 Å². The van der Waals surface area contributed by atoms with Gasteiger partial charge in [-0.1, -0.05) is 26.2 Å². The van der Waals surface area contributed by atoms with E-state index in [0.717, 1.165) is 35.8 Å². The Balaban J connectivity index is 0.00000225. The molecule has 3 rings (SSSR count). The van der Waals surface area contributed by atoms with Gasteiger partial charge in [0.1, 0.15) is 11.4 Å². The summed E-state index contributed by atoms with van der Waals surface area (Å²) < 4.78 is 0. The van der Waals surface area contributed by atoms with Crippen molar-refractivity contribution < 1.29 is 27.3 Å². The minimum atomic E-state index is -0.283. The molecule has 0 saturated heterocycles. The molecule has 2 aliphatic rings. The van der Waals surface area contributed by atoms with Gasteiger partial charge in [-0.3, -0.25) is 4.99 Å². The van der Waals surface area contributed by atoms with Crippen molar-refractivity contribution >= 4 is 23.7 Å². The average Bonchev–Trinajstić information content (AvgIpc) is 2.60. The first kappa shape index (κ1) is 20.8. The number of benzene rings is 1. The summed E-state index contributed by atoms with van der Waals surface area (Å²) in [7, 11) is 0. The second-order valence-electron chi connectivity index (χ2n) is 7.21. The summed E-state index contributed by atoms with van der Waals surface area (Å²) >= 11 is 1.75. The fourth-order valence-electron chi connectivity index (χ4n) is 4.26. The first-order valence-corrected chi connectivity index (χ1v) is 10.4. The van der Waals surface area contributed by atoms with Crippen LogP contribution in [-0.4, -0.2) is 28.3 Å². The zero-order chi connectivity index (χ0) is 16.9. The quantitative estimate of drug-likeness (QED) is 0.400. The summed E-state index contributed by atoms with van der Waals surface area (Å²) in [5.41, 5.74) is 0.612. The molecular weight excluding hydrogens is 382 g/mol. The molecule has 2 N–H and O–H groups in total. The predicted octanol–water partition coefficient (Wildman–Crippen LogP) is 5.17. The Hall–Kier alpha value is -0.481. The zero-order valence-electron chi connectivity index (χ0n) is 14.8. The monoisotopic (exact) mass is 410 g/mol. The summed E-state index contributed by atoms with van der Waals surface area (Å²) in [6.07, 6.45) is 9.91. The van der Waals surface area contributed by atoms with Crippen LogP contribution in [0.4, 0.5) is 5.69 Å². The van der Waals surface area contributed by atoms with Crippen LogP contribution in [0.5, 0.6) is 5.75 Å². The Labute approximate surface area is 166 Å². The number of thioether (sulfide) groups is 1. The second-order valence-corrected chi connectivity index (χ2v) is 8.38. The number of hydrogen-bond acceptors (Lipinski definition) is 4. The van der Waals surface area contributed by atoms with E-state index in [1.54, 1.807) is 17.8 Å². The smallest absolute Gasteiger partial charge is 0.142 e. The number of fused-ring (bicyclic) bond motifs is 1. The molecule has 0 heterocycles. The molecule has 2 saturated carbocycles. The summed E-state index contributed by atoms with van der Waals surface area (Å²) in [4.78, 5) is 5.63. The number of phenols is 1. The molecule has 0 amide bonds. The van der Waals surface area contributed by atoms with Gasteiger partial charge in [-0.25, -0.2) is 0 Å². The van der Waals surface area contributed by atoms with Crippen LogP contribution in [0.25, 0.3) is 0 Å². The van der Waals surface area contributed by atoms with Gasteiger partial charge >= 0.3 is 0 Å². The van der Waals surface area contributed by atoms with Crippen molar-refractivity contribution in [2.75, 3.05) is 5.75 Å². The third kappa shape index (κ3) is 5.26. The SMILES string of the molecule is CCCSc1ccc(N=CC2C(O)CCC3CCCCC32)c(O)c1.[Cu]. The maximum atomic E-state index is 10.4. The van der Waals surface area contributed by atoms with Gasteiger partial charge in [-0.05, 0) is 61.5 Å². The van der Waals surface area contributed by atoms with Crippen LogP contribution in [-0.2, 0) is 17.1 Å². The molecule has 1 radical (unpaired) electrons. The van der Waals surface area contributed by atoms with Crippen molar-refractivity contribution in [1.82, 2.24) is 0 Å².